The second kappa shape index (κ2) is 9.73. The summed E-state index contributed by atoms with van der Waals surface area (Å²) in [6, 6.07) is 27.0. The van der Waals surface area contributed by atoms with Crippen LogP contribution in [0.25, 0.3) is 22.1 Å². The van der Waals surface area contributed by atoms with Gasteiger partial charge >= 0.3 is 0 Å². The van der Waals surface area contributed by atoms with E-state index in [1.807, 2.05) is 54.6 Å². The molecule has 1 heterocycles. The summed E-state index contributed by atoms with van der Waals surface area (Å²) >= 11 is 0. The maximum atomic E-state index is 13.9. The van der Waals surface area contributed by atoms with Crippen molar-refractivity contribution in [1.29, 1.82) is 0 Å². The standard InChI is InChI=1S/C29H21FO5/c1-32-26-14-7-19(15-25(26)30)17-33-23-12-13-24-27(16-23)34-18-28(29(24)31)35-22-10-8-21(9-11-22)20-5-3-2-4-6-20/h2-16,18H,17H2,1H3. The van der Waals surface area contributed by atoms with E-state index in [1.165, 1.54) is 19.4 Å². The van der Waals surface area contributed by atoms with Crippen LogP contribution in [-0.2, 0) is 6.61 Å². The maximum Gasteiger partial charge on any atom is 0.235 e. The molecule has 0 aliphatic carbocycles. The van der Waals surface area contributed by atoms with Gasteiger partial charge in [-0.25, -0.2) is 4.39 Å². The van der Waals surface area contributed by atoms with Crippen molar-refractivity contribution in [3.05, 3.63) is 119 Å². The third-order valence-corrected chi connectivity index (χ3v) is 5.53. The Morgan fingerprint density at radius 1 is 0.800 bits per heavy atom. The van der Waals surface area contributed by atoms with Crippen molar-refractivity contribution in [3.63, 3.8) is 0 Å². The predicted octanol–water partition coefficient (Wildman–Crippen LogP) is 6.98. The Kier molecular flexibility index (Phi) is 6.18. The number of hydrogen-bond donors (Lipinski definition) is 0. The molecule has 6 heteroatoms. The normalized spacial score (nSPS) is 10.8. The van der Waals surface area contributed by atoms with Crippen molar-refractivity contribution < 1.29 is 23.0 Å². The van der Waals surface area contributed by atoms with Crippen LogP contribution in [0.2, 0.25) is 0 Å². The molecule has 4 aromatic carbocycles. The molecule has 0 unspecified atom stereocenters. The van der Waals surface area contributed by atoms with Crippen LogP contribution in [0, 0.1) is 5.82 Å². The maximum absolute atomic E-state index is 13.9. The lowest BCUT2D eigenvalue weighted by Crippen LogP contribution is -2.05. The first-order valence-electron chi connectivity index (χ1n) is 10.9. The molecule has 5 aromatic rings. The third-order valence-electron chi connectivity index (χ3n) is 5.53. The molecule has 0 saturated carbocycles. The van der Waals surface area contributed by atoms with Crippen LogP contribution in [0.4, 0.5) is 4.39 Å². The van der Waals surface area contributed by atoms with Crippen molar-refractivity contribution in [2.24, 2.45) is 0 Å². The minimum absolute atomic E-state index is 0.0901. The van der Waals surface area contributed by atoms with E-state index in [-0.39, 0.29) is 23.5 Å². The Balaban J connectivity index is 1.31. The number of ether oxygens (including phenoxy) is 3. The lowest BCUT2D eigenvalue weighted by molar-refractivity contribution is 0.304. The molecule has 1 aromatic heterocycles. The largest absolute Gasteiger partial charge is 0.494 e. The third kappa shape index (κ3) is 4.87. The summed E-state index contributed by atoms with van der Waals surface area (Å²) in [7, 11) is 1.41. The second-order valence-corrected chi connectivity index (χ2v) is 7.84. The number of fused-ring (bicyclic) bond motifs is 1. The quantitative estimate of drug-likeness (QED) is 0.258. The summed E-state index contributed by atoms with van der Waals surface area (Å²) in [5, 5.41) is 0.367. The van der Waals surface area contributed by atoms with Crippen LogP contribution in [-0.4, -0.2) is 7.11 Å². The highest BCUT2D eigenvalue weighted by Crippen LogP contribution is 2.27. The average Bonchev–Trinajstić information content (AvgIpc) is 2.90. The molecule has 0 bridgehead atoms. The first-order valence-corrected chi connectivity index (χ1v) is 10.9. The van der Waals surface area contributed by atoms with Gasteiger partial charge in [0.1, 0.15) is 30.0 Å². The van der Waals surface area contributed by atoms with E-state index < -0.39 is 5.82 Å². The Morgan fingerprint density at radius 2 is 1.54 bits per heavy atom. The summed E-state index contributed by atoms with van der Waals surface area (Å²) in [6.45, 7) is 0.150. The van der Waals surface area contributed by atoms with Gasteiger partial charge in [0.15, 0.2) is 11.6 Å². The molecule has 35 heavy (non-hydrogen) atoms. The van der Waals surface area contributed by atoms with Crippen molar-refractivity contribution in [3.8, 4) is 34.1 Å². The SMILES string of the molecule is COc1ccc(COc2ccc3c(=O)c(Oc4ccc(-c5ccccc5)cc4)coc3c2)cc1F. The van der Waals surface area contributed by atoms with Crippen LogP contribution in [0.5, 0.6) is 23.0 Å². The zero-order valence-corrected chi connectivity index (χ0v) is 18.9. The van der Waals surface area contributed by atoms with Gasteiger partial charge in [-0.1, -0.05) is 48.5 Å². The first kappa shape index (κ1) is 22.2. The zero-order chi connectivity index (χ0) is 24.2. The van der Waals surface area contributed by atoms with E-state index >= 15 is 0 Å². The van der Waals surface area contributed by atoms with Gasteiger partial charge < -0.3 is 18.6 Å². The van der Waals surface area contributed by atoms with Gasteiger partial charge in [0.2, 0.25) is 11.2 Å². The summed E-state index contributed by atoms with van der Waals surface area (Å²) in [5.74, 6) is 0.823. The molecule has 0 amide bonds. The van der Waals surface area contributed by atoms with Gasteiger partial charge in [0.25, 0.3) is 0 Å². The molecular formula is C29H21FO5. The number of hydrogen-bond acceptors (Lipinski definition) is 5. The predicted molar refractivity (Wildman–Crippen MR) is 132 cm³/mol. The topological polar surface area (TPSA) is 57.9 Å². The van der Waals surface area contributed by atoms with Gasteiger partial charge in [-0.2, -0.15) is 0 Å². The fourth-order valence-corrected chi connectivity index (χ4v) is 3.69. The lowest BCUT2D eigenvalue weighted by atomic mass is 10.1. The molecule has 0 atom stereocenters. The van der Waals surface area contributed by atoms with Crippen LogP contribution in [0.15, 0.2) is 106 Å². The summed E-state index contributed by atoms with van der Waals surface area (Å²) < 4.78 is 36.0. The fourth-order valence-electron chi connectivity index (χ4n) is 3.69. The molecule has 5 nitrogen and oxygen atoms in total. The fraction of sp³-hybridized carbons (Fsp3) is 0.0690. The molecule has 0 spiro atoms. The highest BCUT2D eigenvalue weighted by Gasteiger charge is 2.11. The highest BCUT2D eigenvalue weighted by molar-refractivity contribution is 5.79. The highest BCUT2D eigenvalue weighted by atomic mass is 19.1. The molecule has 0 saturated heterocycles. The van der Waals surface area contributed by atoms with Crippen LogP contribution >= 0.6 is 0 Å². The van der Waals surface area contributed by atoms with Crippen molar-refractivity contribution in [1.82, 2.24) is 0 Å². The molecular weight excluding hydrogens is 447 g/mol. The summed E-state index contributed by atoms with van der Waals surface area (Å²) in [4.78, 5) is 12.9. The lowest BCUT2D eigenvalue weighted by Gasteiger charge is -2.09. The zero-order valence-electron chi connectivity index (χ0n) is 18.9. The van der Waals surface area contributed by atoms with Gasteiger partial charge in [0.05, 0.1) is 12.5 Å². The smallest absolute Gasteiger partial charge is 0.235 e. The number of methoxy groups -OCH3 is 1. The molecule has 174 valence electrons. The minimum atomic E-state index is -0.458. The van der Waals surface area contributed by atoms with E-state index in [0.717, 1.165) is 11.1 Å². The Labute approximate surface area is 200 Å². The van der Waals surface area contributed by atoms with Crippen LogP contribution < -0.4 is 19.6 Å². The van der Waals surface area contributed by atoms with E-state index in [1.54, 1.807) is 30.3 Å². The van der Waals surface area contributed by atoms with Crippen LogP contribution in [0.1, 0.15) is 5.56 Å². The Bertz CT molecular complexity index is 1530. The van der Waals surface area contributed by atoms with Gasteiger partial charge in [-0.3, -0.25) is 4.79 Å². The molecule has 0 radical (unpaired) electrons. The minimum Gasteiger partial charge on any atom is -0.494 e. The average molecular weight is 468 g/mol. The summed E-state index contributed by atoms with van der Waals surface area (Å²) in [5.41, 5.74) is 2.86. The second-order valence-electron chi connectivity index (χ2n) is 7.84. The van der Waals surface area contributed by atoms with E-state index in [0.29, 0.717) is 28.0 Å². The van der Waals surface area contributed by atoms with Crippen molar-refractivity contribution in [2.45, 2.75) is 6.61 Å². The molecule has 0 N–H and O–H groups in total. The van der Waals surface area contributed by atoms with Crippen molar-refractivity contribution >= 4 is 11.0 Å². The van der Waals surface area contributed by atoms with Gasteiger partial charge in [-0.05, 0) is 53.1 Å². The number of benzene rings is 4. The molecule has 0 fully saturated rings. The van der Waals surface area contributed by atoms with E-state index in [9.17, 15) is 9.18 Å². The van der Waals surface area contributed by atoms with Crippen molar-refractivity contribution in [2.75, 3.05) is 7.11 Å². The Morgan fingerprint density at radius 3 is 2.29 bits per heavy atom. The molecule has 0 aliphatic rings. The molecule has 0 aliphatic heterocycles. The van der Waals surface area contributed by atoms with E-state index in [2.05, 4.69) is 0 Å². The van der Waals surface area contributed by atoms with Gasteiger partial charge in [0, 0.05) is 6.07 Å². The Hall–Kier alpha value is -4.58. The summed E-state index contributed by atoms with van der Waals surface area (Å²) in [6.07, 6.45) is 1.29. The molecule has 5 rings (SSSR count). The number of halogens is 1. The van der Waals surface area contributed by atoms with Crippen LogP contribution in [0.3, 0.4) is 0 Å². The first-order chi connectivity index (χ1) is 17.1. The monoisotopic (exact) mass is 468 g/mol. The number of rotatable bonds is 7. The van der Waals surface area contributed by atoms with E-state index in [4.69, 9.17) is 18.6 Å². The van der Waals surface area contributed by atoms with Gasteiger partial charge in [-0.15, -0.1) is 0 Å².